The summed E-state index contributed by atoms with van der Waals surface area (Å²) in [6, 6.07) is 9.80. The van der Waals surface area contributed by atoms with E-state index in [-0.39, 0.29) is 5.91 Å². The minimum Gasteiger partial charge on any atom is -0.344 e. The Bertz CT molecular complexity index is 478. The topological polar surface area (TPSA) is 32.3 Å². The van der Waals surface area contributed by atoms with Crippen molar-refractivity contribution in [2.45, 2.75) is 44.7 Å². The SMILES string of the molecule is Cc1ccc(C(NC2CCC(=O)N(C)C2)C2CC2)cc1. The predicted molar refractivity (Wildman–Crippen MR) is 80.4 cm³/mol. The maximum absolute atomic E-state index is 11.6. The third-order valence-electron chi connectivity index (χ3n) is 4.57. The zero-order valence-electron chi connectivity index (χ0n) is 12.4. The number of amides is 1. The van der Waals surface area contributed by atoms with Gasteiger partial charge in [0.15, 0.2) is 0 Å². The lowest BCUT2D eigenvalue weighted by molar-refractivity contribution is -0.132. The van der Waals surface area contributed by atoms with E-state index in [1.54, 1.807) is 0 Å². The maximum atomic E-state index is 11.6. The van der Waals surface area contributed by atoms with Crippen LogP contribution in [0.2, 0.25) is 0 Å². The van der Waals surface area contributed by atoms with Gasteiger partial charge in [0.05, 0.1) is 0 Å². The molecule has 3 heteroatoms. The summed E-state index contributed by atoms with van der Waals surface area (Å²) in [6.45, 7) is 2.97. The number of aryl methyl sites for hydroxylation is 1. The summed E-state index contributed by atoms with van der Waals surface area (Å²) in [4.78, 5) is 13.4. The Balaban J connectivity index is 1.69. The van der Waals surface area contributed by atoms with Gasteiger partial charge in [0, 0.05) is 32.1 Å². The lowest BCUT2D eigenvalue weighted by Gasteiger charge is -2.33. The van der Waals surface area contributed by atoms with Crippen LogP contribution in [0.15, 0.2) is 24.3 Å². The fourth-order valence-electron chi connectivity index (χ4n) is 3.11. The molecule has 0 aromatic heterocycles. The standard InChI is InChI=1S/C17H24N2O/c1-12-3-5-13(6-4-12)17(14-7-8-14)18-15-9-10-16(20)19(2)11-15/h3-6,14-15,17-18H,7-11H2,1-2H3. The monoisotopic (exact) mass is 272 g/mol. The number of carbonyl (C=O) groups excluding carboxylic acids is 1. The highest BCUT2D eigenvalue weighted by Crippen LogP contribution is 2.41. The molecule has 1 aliphatic heterocycles. The van der Waals surface area contributed by atoms with Crippen molar-refractivity contribution in [1.29, 1.82) is 0 Å². The molecule has 2 unspecified atom stereocenters. The normalized spacial score (nSPS) is 24.8. The van der Waals surface area contributed by atoms with Gasteiger partial charge in [0.1, 0.15) is 0 Å². The van der Waals surface area contributed by atoms with Crippen LogP contribution in [0, 0.1) is 12.8 Å². The average molecular weight is 272 g/mol. The summed E-state index contributed by atoms with van der Waals surface area (Å²) in [5, 5.41) is 3.81. The van der Waals surface area contributed by atoms with E-state index in [4.69, 9.17) is 0 Å². The van der Waals surface area contributed by atoms with E-state index in [0.29, 0.717) is 18.5 Å². The predicted octanol–water partition coefficient (Wildman–Crippen LogP) is 2.66. The second-order valence-corrected chi connectivity index (χ2v) is 6.40. The number of nitrogens with zero attached hydrogens (tertiary/aromatic N) is 1. The molecule has 0 bridgehead atoms. The number of hydrogen-bond donors (Lipinski definition) is 1. The summed E-state index contributed by atoms with van der Waals surface area (Å²) >= 11 is 0. The summed E-state index contributed by atoms with van der Waals surface area (Å²) in [7, 11) is 1.91. The van der Waals surface area contributed by atoms with Crippen LogP contribution in [0.1, 0.15) is 42.9 Å². The van der Waals surface area contributed by atoms with Crippen molar-refractivity contribution in [3.63, 3.8) is 0 Å². The van der Waals surface area contributed by atoms with E-state index >= 15 is 0 Å². The highest BCUT2D eigenvalue weighted by atomic mass is 16.2. The number of rotatable bonds is 4. The van der Waals surface area contributed by atoms with Crippen LogP contribution in [-0.2, 0) is 4.79 Å². The molecule has 0 radical (unpaired) electrons. The van der Waals surface area contributed by atoms with E-state index in [9.17, 15) is 4.79 Å². The number of piperidine rings is 1. The lowest BCUT2D eigenvalue weighted by Crippen LogP contribution is -2.47. The zero-order valence-corrected chi connectivity index (χ0v) is 12.4. The number of carbonyl (C=O) groups is 1. The number of likely N-dealkylation sites (N-methyl/N-ethyl adjacent to an activating group) is 1. The molecule has 3 rings (SSSR count). The molecular weight excluding hydrogens is 248 g/mol. The van der Waals surface area contributed by atoms with Gasteiger partial charge in [-0.05, 0) is 37.7 Å². The summed E-state index contributed by atoms with van der Waals surface area (Å²) in [5.41, 5.74) is 2.71. The zero-order chi connectivity index (χ0) is 14.1. The number of benzene rings is 1. The fraction of sp³-hybridized carbons (Fsp3) is 0.588. The molecule has 1 amide bonds. The van der Waals surface area contributed by atoms with Crippen LogP contribution in [0.4, 0.5) is 0 Å². The minimum atomic E-state index is 0.279. The fourth-order valence-corrected chi connectivity index (χ4v) is 3.11. The van der Waals surface area contributed by atoms with E-state index in [2.05, 4.69) is 36.5 Å². The third kappa shape index (κ3) is 3.04. The molecule has 1 aromatic rings. The largest absolute Gasteiger partial charge is 0.344 e. The number of hydrogen-bond acceptors (Lipinski definition) is 2. The molecule has 108 valence electrons. The molecule has 20 heavy (non-hydrogen) atoms. The van der Waals surface area contributed by atoms with E-state index < -0.39 is 0 Å². The lowest BCUT2D eigenvalue weighted by atomic mass is 9.97. The maximum Gasteiger partial charge on any atom is 0.222 e. The molecule has 1 saturated carbocycles. The second kappa shape index (κ2) is 5.57. The minimum absolute atomic E-state index is 0.279. The van der Waals surface area contributed by atoms with Gasteiger partial charge in [-0.1, -0.05) is 29.8 Å². The molecule has 3 nitrogen and oxygen atoms in total. The average Bonchev–Trinajstić information content (AvgIpc) is 3.26. The first-order chi connectivity index (χ1) is 9.63. The van der Waals surface area contributed by atoms with Gasteiger partial charge in [-0.3, -0.25) is 4.79 Å². The molecule has 1 heterocycles. The van der Waals surface area contributed by atoms with Gasteiger partial charge in [0.2, 0.25) is 5.91 Å². The van der Waals surface area contributed by atoms with E-state index in [1.807, 2.05) is 11.9 Å². The Hall–Kier alpha value is -1.35. The Morgan fingerprint density at radius 1 is 1.20 bits per heavy atom. The molecule has 2 atom stereocenters. The highest BCUT2D eigenvalue weighted by Gasteiger charge is 2.34. The van der Waals surface area contributed by atoms with Gasteiger partial charge >= 0.3 is 0 Å². The van der Waals surface area contributed by atoms with Crippen molar-refractivity contribution in [2.75, 3.05) is 13.6 Å². The summed E-state index contributed by atoms with van der Waals surface area (Å²) < 4.78 is 0. The van der Waals surface area contributed by atoms with E-state index in [0.717, 1.165) is 18.9 Å². The van der Waals surface area contributed by atoms with Crippen LogP contribution >= 0.6 is 0 Å². The van der Waals surface area contributed by atoms with Crippen molar-refractivity contribution in [2.24, 2.45) is 5.92 Å². The Labute approximate surface area is 121 Å². The molecule has 1 saturated heterocycles. The smallest absolute Gasteiger partial charge is 0.222 e. The first kappa shape index (κ1) is 13.6. The first-order valence-electron chi connectivity index (χ1n) is 7.70. The molecule has 0 spiro atoms. The van der Waals surface area contributed by atoms with Gasteiger partial charge < -0.3 is 10.2 Å². The van der Waals surface area contributed by atoms with Gasteiger partial charge in [-0.2, -0.15) is 0 Å². The van der Waals surface area contributed by atoms with Crippen molar-refractivity contribution >= 4 is 5.91 Å². The first-order valence-corrected chi connectivity index (χ1v) is 7.70. The van der Waals surface area contributed by atoms with Gasteiger partial charge in [-0.25, -0.2) is 0 Å². The van der Waals surface area contributed by atoms with Crippen molar-refractivity contribution in [3.8, 4) is 0 Å². The summed E-state index contributed by atoms with van der Waals surface area (Å²) in [6.07, 6.45) is 4.30. The quantitative estimate of drug-likeness (QED) is 0.914. The van der Waals surface area contributed by atoms with Gasteiger partial charge in [-0.15, -0.1) is 0 Å². The Morgan fingerprint density at radius 3 is 2.50 bits per heavy atom. The number of nitrogens with one attached hydrogen (secondary N) is 1. The molecular formula is C17H24N2O. The van der Waals surface area contributed by atoms with Gasteiger partial charge in [0.25, 0.3) is 0 Å². The van der Waals surface area contributed by atoms with Crippen LogP contribution in [0.25, 0.3) is 0 Å². The van der Waals surface area contributed by atoms with Crippen LogP contribution in [-0.4, -0.2) is 30.4 Å². The molecule has 1 aromatic carbocycles. The molecule has 2 fully saturated rings. The van der Waals surface area contributed by atoms with Crippen LogP contribution in [0.3, 0.4) is 0 Å². The van der Waals surface area contributed by atoms with Crippen molar-refractivity contribution in [1.82, 2.24) is 10.2 Å². The van der Waals surface area contributed by atoms with Crippen LogP contribution < -0.4 is 5.32 Å². The van der Waals surface area contributed by atoms with Crippen molar-refractivity contribution in [3.05, 3.63) is 35.4 Å². The number of likely N-dealkylation sites (tertiary alicyclic amines) is 1. The van der Waals surface area contributed by atoms with Crippen molar-refractivity contribution < 1.29 is 4.79 Å². The molecule has 1 N–H and O–H groups in total. The third-order valence-corrected chi connectivity index (χ3v) is 4.57. The molecule has 1 aliphatic carbocycles. The molecule has 2 aliphatic rings. The Morgan fingerprint density at radius 2 is 1.90 bits per heavy atom. The Kier molecular flexibility index (Phi) is 3.79. The second-order valence-electron chi connectivity index (χ2n) is 6.40. The van der Waals surface area contributed by atoms with E-state index in [1.165, 1.54) is 24.0 Å². The highest BCUT2D eigenvalue weighted by molar-refractivity contribution is 5.76. The summed E-state index contributed by atoms with van der Waals surface area (Å²) in [5.74, 6) is 1.06. The van der Waals surface area contributed by atoms with Crippen LogP contribution in [0.5, 0.6) is 0 Å².